The van der Waals surface area contributed by atoms with Crippen molar-refractivity contribution in [3.63, 3.8) is 0 Å². The molecule has 0 heterocycles. The molecule has 0 aliphatic heterocycles. The highest BCUT2D eigenvalue weighted by Crippen LogP contribution is 2.28. The van der Waals surface area contributed by atoms with Gasteiger partial charge in [-0.05, 0) is 30.9 Å². The second kappa shape index (κ2) is 6.16. The number of nitrogens with one attached hydrogen (secondary N) is 1. The van der Waals surface area contributed by atoms with Crippen LogP contribution in [0.5, 0.6) is 0 Å². The number of aryl methyl sites for hydroxylation is 1. The topological polar surface area (TPSA) is 51.4 Å². The van der Waals surface area contributed by atoms with Crippen LogP contribution in [0.2, 0.25) is 0 Å². The lowest BCUT2D eigenvalue weighted by molar-refractivity contribution is 1.12. The summed E-state index contributed by atoms with van der Waals surface area (Å²) in [7, 11) is 3.94. The van der Waals surface area contributed by atoms with Crippen LogP contribution in [0.1, 0.15) is 5.56 Å². The molecule has 17 heavy (non-hydrogen) atoms. The Morgan fingerprint density at radius 3 is 2.71 bits per heavy atom. The molecule has 0 aromatic heterocycles. The van der Waals surface area contributed by atoms with E-state index in [4.69, 9.17) is 5.26 Å². The minimum atomic E-state index is 0.598. The summed E-state index contributed by atoms with van der Waals surface area (Å²) in [5, 5.41) is 11.8. The lowest BCUT2D eigenvalue weighted by atomic mass is 10.2. The zero-order valence-corrected chi connectivity index (χ0v) is 11.3. The summed E-state index contributed by atoms with van der Waals surface area (Å²) >= 11 is 1.41. The highest BCUT2D eigenvalue weighted by Gasteiger charge is 2.05. The Labute approximate surface area is 106 Å². The summed E-state index contributed by atoms with van der Waals surface area (Å²) in [6.45, 7) is 2.02. The Hall–Kier alpha value is -1.67. The molecule has 5 heteroatoms. The molecule has 1 aromatic rings. The smallest absolute Gasteiger partial charge is 0.183 e. The first-order valence-corrected chi connectivity index (χ1v) is 6.36. The lowest BCUT2D eigenvalue weighted by Gasteiger charge is -2.16. The summed E-state index contributed by atoms with van der Waals surface area (Å²) < 4.78 is 0. The summed E-state index contributed by atoms with van der Waals surface area (Å²) in [6.07, 6.45) is 3.77. The van der Waals surface area contributed by atoms with E-state index in [1.807, 2.05) is 56.6 Å². The van der Waals surface area contributed by atoms with Gasteiger partial charge in [-0.15, -0.1) is 0 Å². The van der Waals surface area contributed by atoms with E-state index in [1.165, 1.54) is 11.8 Å². The Morgan fingerprint density at radius 1 is 1.47 bits per heavy atom. The number of thioether (sulfide) groups is 1. The molecule has 0 fully saturated rings. The fourth-order valence-electron chi connectivity index (χ4n) is 1.38. The van der Waals surface area contributed by atoms with Gasteiger partial charge in [-0.25, -0.2) is 4.99 Å². The van der Waals surface area contributed by atoms with E-state index in [2.05, 4.69) is 10.3 Å². The average molecular weight is 248 g/mol. The van der Waals surface area contributed by atoms with Crippen molar-refractivity contribution >= 4 is 28.3 Å². The van der Waals surface area contributed by atoms with Crippen molar-refractivity contribution in [2.24, 2.45) is 4.99 Å². The number of anilines is 1. The normalized spacial score (nSPS) is 10.9. The van der Waals surface area contributed by atoms with Crippen molar-refractivity contribution in [1.82, 2.24) is 5.32 Å². The zero-order chi connectivity index (χ0) is 12.8. The van der Waals surface area contributed by atoms with Gasteiger partial charge in [0.1, 0.15) is 0 Å². The molecule has 0 spiro atoms. The lowest BCUT2D eigenvalue weighted by Crippen LogP contribution is -2.13. The van der Waals surface area contributed by atoms with Gasteiger partial charge in [0, 0.05) is 14.1 Å². The summed E-state index contributed by atoms with van der Waals surface area (Å²) in [6, 6.07) is 6.08. The molecule has 4 nitrogen and oxygen atoms in total. The summed E-state index contributed by atoms with van der Waals surface area (Å²) in [4.78, 5) is 6.46. The van der Waals surface area contributed by atoms with Crippen molar-refractivity contribution in [3.05, 3.63) is 23.8 Å². The van der Waals surface area contributed by atoms with Gasteiger partial charge in [0.2, 0.25) is 0 Å². The van der Waals surface area contributed by atoms with Gasteiger partial charge in [-0.1, -0.05) is 17.8 Å². The van der Waals surface area contributed by atoms with E-state index in [0.717, 1.165) is 16.9 Å². The number of nitriles is 1. The predicted octanol–water partition coefficient (Wildman–Crippen LogP) is 2.48. The number of benzene rings is 1. The summed E-state index contributed by atoms with van der Waals surface area (Å²) in [5.74, 6) is 0. The number of amidine groups is 1. The molecule has 0 aliphatic rings. The van der Waals surface area contributed by atoms with E-state index >= 15 is 0 Å². The van der Waals surface area contributed by atoms with Crippen LogP contribution in [0.3, 0.4) is 0 Å². The van der Waals surface area contributed by atoms with Gasteiger partial charge in [0.25, 0.3) is 0 Å². The molecule has 1 N–H and O–H groups in total. The quantitative estimate of drug-likeness (QED) is 0.378. The molecule has 0 saturated heterocycles. The Balaban J connectivity index is 3.19. The van der Waals surface area contributed by atoms with Crippen molar-refractivity contribution in [2.45, 2.75) is 6.92 Å². The number of aliphatic imine (C=N–C) groups is 1. The Kier molecular flexibility index (Phi) is 4.85. The second-order valence-electron chi connectivity index (χ2n) is 3.74. The molecule has 90 valence electrons. The molecule has 0 radical (unpaired) electrons. The standard InChI is InChI=1S/C12H16N4S/c1-9-5-6-11(16(2)3)10(7-9)15-12(17-4)14-8-13/h5-7H,1-4H3,(H,14,15). The largest absolute Gasteiger partial charge is 0.376 e. The molecule has 0 atom stereocenters. The summed E-state index contributed by atoms with van der Waals surface area (Å²) in [5.41, 5.74) is 3.04. The minimum Gasteiger partial charge on any atom is -0.376 e. The SMILES string of the molecule is CSC(=Nc1cc(C)ccc1N(C)C)NC#N. The first-order valence-electron chi connectivity index (χ1n) is 5.14. The van der Waals surface area contributed by atoms with Crippen molar-refractivity contribution in [2.75, 3.05) is 25.3 Å². The van der Waals surface area contributed by atoms with Gasteiger partial charge in [0.15, 0.2) is 11.4 Å². The molecule has 0 amide bonds. The van der Waals surface area contributed by atoms with E-state index in [0.29, 0.717) is 5.17 Å². The van der Waals surface area contributed by atoms with Gasteiger partial charge in [-0.3, -0.25) is 5.32 Å². The van der Waals surface area contributed by atoms with Crippen molar-refractivity contribution in [3.8, 4) is 6.19 Å². The third-order valence-electron chi connectivity index (χ3n) is 2.19. The van der Waals surface area contributed by atoms with Crippen LogP contribution in [-0.2, 0) is 0 Å². The van der Waals surface area contributed by atoms with Crippen LogP contribution in [-0.4, -0.2) is 25.5 Å². The van der Waals surface area contributed by atoms with Crippen LogP contribution >= 0.6 is 11.8 Å². The first kappa shape index (κ1) is 13.4. The van der Waals surface area contributed by atoms with Gasteiger partial charge >= 0.3 is 0 Å². The highest BCUT2D eigenvalue weighted by molar-refractivity contribution is 8.13. The number of hydrogen-bond donors (Lipinski definition) is 1. The fraction of sp³-hybridized carbons (Fsp3) is 0.333. The van der Waals surface area contributed by atoms with E-state index in [1.54, 1.807) is 0 Å². The van der Waals surface area contributed by atoms with Crippen LogP contribution in [0, 0.1) is 18.4 Å². The second-order valence-corrected chi connectivity index (χ2v) is 4.54. The maximum absolute atomic E-state index is 8.61. The molecule has 0 bridgehead atoms. The van der Waals surface area contributed by atoms with Crippen LogP contribution in [0.15, 0.2) is 23.2 Å². The van der Waals surface area contributed by atoms with E-state index in [9.17, 15) is 0 Å². The van der Waals surface area contributed by atoms with Crippen LogP contribution < -0.4 is 10.2 Å². The van der Waals surface area contributed by atoms with Gasteiger partial charge in [0.05, 0.1) is 11.4 Å². The van der Waals surface area contributed by atoms with Crippen LogP contribution in [0.4, 0.5) is 11.4 Å². The van der Waals surface area contributed by atoms with E-state index < -0.39 is 0 Å². The fourth-order valence-corrected chi connectivity index (χ4v) is 1.72. The molecule has 0 aliphatic carbocycles. The van der Waals surface area contributed by atoms with E-state index in [-0.39, 0.29) is 0 Å². The minimum absolute atomic E-state index is 0.598. The third kappa shape index (κ3) is 3.68. The average Bonchev–Trinajstić information content (AvgIpc) is 2.28. The number of rotatable bonds is 2. The predicted molar refractivity (Wildman–Crippen MR) is 74.9 cm³/mol. The number of nitrogens with zero attached hydrogens (tertiary/aromatic N) is 3. The third-order valence-corrected chi connectivity index (χ3v) is 2.77. The number of hydrogen-bond acceptors (Lipinski definition) is 4. The molecule has 1 rings (SSSR count). The van der Waals surface area contributed by atoms with Gasteiger partial charge in [-0.2, -0.15) is 5.26 Å². The van der Waals surface area contributed by atoms with Crippen molar-refractivity contribution in [1.29, 1.82) is 5.26 Å². The maximum atomic E-state index is 8.61. The maximum Gasteiger partial charge on any atom is 0.183 e. The van der Waals surface area contributed by atoms with Crippen LogP contribution in [0.25, 0.3) is 0 Å². The Morgan fingerprint density at radius 2 is 2.18 bits per heavy atom. The first-order chi connectivity index (χ1) is 8.08. The molecular weight excluding hydrogens is 232 g/mol. The molecule has 1 aromatic carbocycles. The highest BCUT2D eigenvalue weighted by atomic mass is 32.2. The monoisotopic (exact) mass is 248 g/mol. The van der Waals surface area contributed by atoms with Gasteiger partial charge < -0.3 is 4.90 Å². The molecular formula is C12H16N4S. The Bertz CT molecular complexity index is 460. The van der Waals surface area contributed by atoms with Crippen molar-refractivity contribution < 1.29 is 0 Å². The molecule has 0 unspecified atom stereocenters. The molecule has 0 saturated carbocycles. The zero-order valence-electron chi connectivity index (χ0n) is 10.5.